The number of carbonyl (C=O) groups is 4. The SMILES string of the molecule is C[Si]1(c2ccc(C=CC(=O)c3ccccc3)cc2)O[Si](C)(c2ccc(C=CC(=O)c3ccccc3)cc2)O[Si](C)(c2ccc(C=CC(=O)c3ccccc3)cc2)O[Si](C)(c2ccc(C=CC(=O)c3ccccc3)cc2)O1. The number of allylic oxidation sites excluding steroid dienone is 4. The molecule has 1 saturated heterocycles. The molecule has 1 aliphatic heterocycles. The number of rotatable bonds is 16. The molecule has 0 spiro atoms. The lowest BCUT2D eigenvalue weighted by atomic mass is 10.1. The van der Waals surface area contributed by atoms with E-state index < -0.39 is 34.2 Å². The van der Waals surface area contributed by atoms with E-state index in [0.717, 1.165) is 43.0 Å². The summed E-state index contributed by atoms with van der Waals surface area (Å²) >= 11 is 0. The summed E-state index contributed by atoms with van der Waals surface area (Å²) < 4.78 is 30.8. The van der Waals surface area contributed by atoms with Crippen LogP contribution < -0.4 is 20.7 Å². The van der Waals surface area contributed by atoms with E-state index in [4.69, 9.17) is 16.5 Å². The molecule has 9 rings (SSSR count). The summed E-state index contributed by atoms with van der Waals surface area (Å²) in [6, 6.07) is 68.4. The number of ketones is 4. The molecule has 1 aliphatic rings. The third-order valence-electron chi connectivity index (χ3n) is 13.2. The highest BCUT2D eigenvalue weighted by Gasteiger charge is 2.59. The number of hydrogen-bond donors (Lipinski definition) is 0. The van der Waals surface area contributed by atoms with Crippen molar-refractivity contribution >= 4 is 102 Å². The zero-order chi connectivity index (χ0) is 53.2. The van der Waals surface area contributed by atoms with E-state index in [9.17, 15) is 19.2 Å². The van der Waals surface area contributed by atoms with Gasteiger partial charge in [0.05, 0.1) is 0 Å². The van der Waals surface area contributed by atoms with E-state index in [1.54, 1.807) is 97.1 Å². The van der Waals surface area contributed by atoms with E-state index in [1.165, 1.54) is 0 Å². The van der Waals surface area contributed by atoms with Crippen LogP contribution in [-0.2, 0) is 16.5 Å². The summed E-state index contributed by atoms with van der Waals surface area (Å²) in [6.45, 7) is 8.17. The van der Waals surface area contributed by atoms with Crippen molar-refractivity contribution in [2.24, 2.45) is 0 Å². The Bertz CT molecular complexity index is 2980. The molecular weight excluding hydrogens is 1010 g/mol. The quantitative estimate of drug-likeness (QED) is 0.0535. The van der Waals surface area contributed by atoms with Gasteiger partial charge in [0.15, 0.2) is 23.1 Å². The maximum Gasteiger partial charge on any atom is 0.352 e. The summed E-state index contributed by atoms with van der Waals surface area (Å²) in [6.07, 6.45) is 13.5. The summed E-state index contributed by atoms with van der Waals surface area (Å²) in [5.41, 5.74) is 5.74. The minimum absolute atomic E-state index is 0.0967. The van der Waals surface area contributed by atoms with Gasteiger partial charge in [-0.25, -0.2) is 0 Å². The van der Waals surface area contributed by atoms with Crippen LogP contribution in [0.15, 0.2) is 243 Å². The Balaban J connectivity index is 1.11. The molecule has 376 valence electrons. The van der Waals surface area contributed by atoms with E-state index in [0.29, 0.717) is 22.3 Å². The lowest BCUT2D eigenvalue weighted by Gasteiger charge is -2.50. The van der Waals surface area contributed by atoms with Gasteiger partial charge in [-0.1, -0.05) is 243 Å². The lowest BCUT2D eigenvalue weighted by molar-refractivity contribution is 0.103. The van der Waals surface area contributed by atoms with Crippen molar-refractivity contribution in [3.8, 4) is 0 Å². The molecule has 76 heavy (non-hydrogen) atoms. The summed E-state index contributed by atoms with van der Waals surface area (Å²) in [5.74, 6) is -0.387. The highest BCUT2D eigenvalue weighted by atomic mass is 28.5. The molecule has 0 atom stereocenters. The molecule has 1 fully saturated rings. The van der Waals surface area contributed by atoms with Crippen LogP contribution in [0.25, 0.3) is 24.3 Å². The Morgan fingerprint density at radius 2 is 0.434 bits per heavy atom. The fraction of sp³-hybridized carbons (Fsp3) is 0.0625. The minimum atomic E-state index is -3.59. The standard InChI is InChI=1S/C64H56O8Si4/c1-73(57-37-25-49(26-38-57)33-45-61(65)53-17-9-5-10-18-53)69-74(2,58-39-27-50(28-40-58)34-46-62(66)54-19-11-6-12-20-54)71-76(4,60-43-31-52(32-44-60)36-48-64(68)56-23-15-8-16-24-56)72-75(3,70-73)59-41-29-51(30-42-59)35-47-63(67)55-21-13-7-14-22-55/h5-48H,1-4H3. The zero-order valence-electron chi connectivity index (χ0n) is 42.7. The number of benzene rings is 8. The molecule has 0 aliphatic carbocycles. The first-order chi connectivity index (χ1) is 36.7. The van der Waals surface area contributed by atoms with Crippen LogP contribution in [0.1, 0.15) is 63.7 Å². The molecule has 0 amide bonds. The van der Waals surface area contributed by atoms with Crippen LogP contribution in [0.5, 0.6) is 0 Å². The second-order valence-corrected chi connectivity index (χ2v) is 32.1. The largest absolute Gasteiger partial charge is 0.409 e. The molecule has 0 bridgehead atoms. The van der Waals surface area contributed by atoms with Gasteiger partial charge >= 0.3 is 34.2 Å². The number of hydrogen-bond acceptors (Lipinski definition) is 8. The maximum absolute atomic E-state index is 13.0. The molecule has 12 heteroatoms. The molecule has 0 radical (unpaired) electrons. The van der Waals surface area contributed by atoms with Gasteiger partial charge < -0.3 is 16.5 Å². The van der Waals surface area contributed by atoms with Crippen LogP contribution in [0.2, 0.25) is 26.2 Å². The Labute approximate surface area is 449 Å². The van der Waals surface area contributed by atoms with Crippen molar-refractivity contribution < 1.29 is 35.6 Å². The first kappa shape index (κ1) is 53.0. The minimum Gasteiger partial charge on any atom is -0.409 e. The van der Waals surface area contributed by atoms with Crippen LogP contribution in [-0.4, -0.2) is 57.4 Å². The fourth-order valence-electron chi connectivity index (χ4n) is 9.11. The van der Waals surface area contributed by atoms with E-state index in [-0.39, 0.29) is 23.1 Å². The molecule has 0 unspecified atom stereocenters. The van der Waals surface area contributed by atoms with Crippen molar-refractivity contribution in [2.45, 2.75) is 26.2 Å². The van der Waals surface area contributed by atoms with Gasteiger partial charge in [-0.2, -0.15) is 0 Å². The molecular formula is C64H56O8Si4. The summed E-state index contributed by atoms with van der Waals surface area (Å²) in [5, 5.41) is 3.36. The maximum atomic E-state index is 13.0. The van der Waals surface area contributed by atoms with Crippen molar-refractivity contribution in [1.82, 2.24) is 0 Å². The topological polar surface area (TPSA) is 105 Å². The Kier molecular flexibility index (Phi) is 16.3. The smallest absolute Gasteiger partial charge is 0.352 e. The molecule has 1 heterocycles. The van der Waals surface area contributed by atoms with Crippen molar-refractivity contribution in [3.05, 3.63) is 287 Å². The van der Waals surface area contributed by atoms with Gasteiger partial charge in [-0.3, -0.25) is 19.2 Å². The van der Waals surface area contributed by atoms with E-state index in [2.05, 4.69) is 0 Å². The second kappa shape index (κ2) is 23.3. The van der Waals surface area contributed by atoms with E-state index >= 15 is 0 Å². The first-order valence-electron chi connectivity index (χ1n) is 25.0. The predicted octanol–water partition coefficient (Wildman–Crippen LogP) is 11.6. The average Bonchev–Trinajstić information content (AvgIpc) is 3.45. The van der Waals surface area contributed by atoms with Gasteiger partial charge in [0, 0.05) is 22.3 Å². The summed E-state index contributed by atoms with van der Waals surface area (Å²) in [4.78, 5) is 52.2. The lowest BCUT2D eigenvalue weighted by Crippen LogP contribution is -2.77. The van der Waals surface area contributed by atoms with Gasteiger partial charge in [-0.15, -0.1) is 0 Å². The van der Waals surface area contributed by atoms with Crippen LogP contribution in [0, 0.1) is 0 Å². The van der Waals surface area contributed by atoms with Crippen molar-refractivity contribution in [3.63, 3.8) is 0 Å². The van der Waals surface area contributed by atoms with Gasteiger partial charge in [0.1, 0.15) is 0 Å². The highest BCUT2D eigenvalue weighted by Crippen LogP contribution is 2.32. The molecule has 8 nitrogen and oxygen atoms in total. The predicted molar refractivity (Wildman–Crippen MR) is 314 cm³/mol. The highest BCUT2D eigenvalue weighted by molar-refractivity contribution is 7.05. The fourth-order valence-corrected chi connectivity index (χ4v) is 30.0. The third kappa shape index (κ3) is 12.8. The molecule has 0 N–H and O–H groups in total. The monoisotopic (exact) mass is 1060 g/mol. The zero-order valence-corrected chi connectivity index (χ0v) is 46.7. The van der Waals surface area contributed by atoms with Crippen LogP contribution in [0.4, 0.5) is 0 Å². The Morgan fingerprint density at radius 1 is 0.263 bits per heavy atom. The van der Waals surface area contributed by atoms with Crippen LogP contribution >= 0.6 is 0 Å². The molecule has 8 aromatic carbocycles. The average molecular weight is 1070 g/mol. The molecule has 0 saturated carbocycles. The molecule has 0 aromatic heterocycles. The Hall–Kier alpha value is -7.89. The van der Waals surface area contributed by atoms with Crippen molar-refractivity contribution in [2.75, 3.05) is 0 Å². The summed E-state index contributed by atoms with van der Waals surface area (Å²) in [7, 11) is -14.4. The van der Waals surface area contributed by atoms with Crippen LogP contribution in [0.3, 0.4) is 0 Å². The first-order valence-corrected chi connectivity index (χ1v) is 34.3. The Morgan fingerprint density at radius 3 is 0.605 bits per heavy atom. The van der Waals surface area contributed by atoms with Gasteiger partial charge in [0.25, 0.3) is 0 Å². The van der Waals surface area contributed by atoms with Crippen molar-refractivity contribution in [1.29, 1.82) is 0 Å². The van der Waals surface area contributed by atoms with Gasteiger partial charge in [-0.05, 0) is 93.5 Å². The molecule has 8 aromatic rings. The number of carbonyl (C=O) groups excluding carboxylic acids is 4. The normalized spacial score (nSPS) is 20.9. The van der Waals surface area contributed by atoms with E-state index in [1.807, 2.05) is 196 Å². The van der Waals surface area contributed by atoms with Gasteiger partial charge in [0.2, 0.25) is 0 Å². The second-order valence-electron chi connectivity index (χ2n) is 18.9. The third-order valence-corrected chi connectivity index (χ3v) is 31.2.